The van der Waals surface area contributed by atoms with Crippen LogP contribution in [0, 0.1) is 0 Å². The first-order valence-corrected chi connectivity index (χ1v) is 14.9. The number of fused-ring (bicyclic) bond motifs is 2. The van der Waals surface area contributed by atoms with Crippen molar-refractivity contribution >= 4 is 50.6 Å². The van der Waals surface area contributed by atoms with Crippen molar-refractivity contribution in [3.8, 4) is 0 Å². The largest absolute Gasteiger partial charge is 0.363 e. The number of pyridine rings is 1. The second-order valence-electron chi connectivity index (χ2n) is 11.2. The van der Waals surface area contributed by atoms with Gasteiger partial charge in [0, 0.05) is 78.7 Å². The molecule has 2 aromatic carbocycles. The monoisotopic (exact) mass is 559 g/mol. The summed E-state index contributed by atoms with van der Waals surface area (Å²) in [5, 5.41) is 4.58. The van der Waals surface area contributed by atoms with Gasteiger partial charge in [0.1, 0.15) is 5.82 Å². The molecule has 0 fully saturated rings. The molecular weight excluding hydrogens is 522 g/mol. The minimum atomic E-state index is -0.337. The van der Waals surface area contributed by atoms with Gasteiger partial charge in [0.15, 0.2) is 0 Å². The minimum absolute atomic E-state index is 0.335. The molecule has 0 spiro atoms. The summed E-state index contributed by atoms with van der Waals surface area (Å²) in [5.74, 6) is 0.341. The van der Waals surface area contributed by atoms with Crippen molar-refractivity contribution in [2.75, 3.05) is 19.0 Å². The number of para-hydroxylation sites is 2. The number of benzene rings is 2. The Kier molecular flexibility index (Phi) is 7.66. The number of imide groups is 1. The Labute approximate surface area is 246 Å². The van der Waals surface area contributed by atoms with Gasteiger partial charge in [-0.25, -0.2) is 4.98 Å². The normalized spacial score (nSPS) is 13.5. The first-order valence-electron chi connectivity index (χ1n) is 14.9. The number of nitrogens with one attached hydrogen (secondary N) is 1. The molecule has 3 aromatic heterocycles. The maximum absolute atomic E-state index is 13.4. The minimum Gasteiger partial charge on any atom is -0.363 e. The lowest BCUT2D eigenvalue weighted by atomic mass is 9.95. The van der Waals surface area contributed by atoms with Crippen LogP contribution in [0.1, 0.15) is 49.3 Å². The van der Waals surface area contributed by atoms with Gasteiger partial charge >= 0.3 is 0 Å². The number of anilines is 1. The highest BCUT2D eigenvalue weighted by atomic mass is 16.2. The Hall–Kier alpha value is -4.65. The average molecular weight is 560 g/mol. The molecule has 6 rings (SSSR count). The summed E-state index contributed by atoms with van der Waals surface area (Å²) >= 11 is 0. The summed E-state index contributed by atoms with van der Waals surface area (Å²) in [6.45, 7) is 3.85. The van der Waals surface area contributed by atoms with Crippen molar-refractivity contribution in [2.45, 2.75) is 52.1 Å². The number of amides is 2. The second kappa shape index (κ2) is 11.7. The third-order valence-corrected chi connectivity index (χ3v) is 8.19. The Morgan fingerprint density at radius 3 is 1.88 bits per heavy atom. The Morgan fingerprint density at radius 1 is 0.738 bits per heavy atom. The predicted octanol–water partition coefficient (Wildman–Crippen LogP) is 6.45. The lowest BCUT2D eigenvalue weighted by Gasteiger charge is -2.15. The van der Waals surface area contributed by atoms with Gasteiger partial charge in [0.2, 0.25) is 0 Å². The van der Waals surface area contributed by atoms with E-state index in [0.717, 1.165) is 83.9 Å². The SMILES string of the molecule is CCCCn1cc(C2=C(c3cn(CCCCc4cccnc4N(C)C)c4ccccc34)C(=O)NC2=O)c2ccccc21. The zero-order valence-electron chi connectivity index (χ0n) is 24.6. The maximum atomic E-state index is 13.4. The van der Waals surface area contributed by atoms with E-state index >= 15 is 0 Å². The topological polar surface area (TPSA) is 72.2 Å². The van der Waals surface area contributed by atoms with E-state index in [-0.39, 0.29) is 11.8 Å². The molecule has 0 radical (unpaired) electrons. The smallest absolute Gasteiger partial charge is 0.259 e. The van der Waals surface area contributed by atoms with E-state index in [1.165, 1.54) is 5.56 Å². The van der Waals surface area contributed by atoms with Crippen LogP contribution in [0.4, 0.5) is 5.82 Å². The molecule has 0 unspecified atom stereocenters. The van der Waals surface area contributed by atoms with E-state index in [9.17, 15) is 9.59 Å². The summed E-state index contributed by atoms with van der Waals surface area (Å²) in [6, 6.07) is 20.4. The van der Waals surface area contributed by atoms with Crippen LogP contribution in [0.15, 0.2) is 79.3 Å². The van der Waals surface area contributed by atoms with E-state index in [0.29, 0.717) is 11.1 Å². The summed E-state index contributed by atoms with van der Waals surface area (Å²) in [5.41, 5.74) is 5.92. The summed E-state index contributed by atoms with van der Waals surface area (Å²) in [6.07, 6.45) is 11.0. The number of aromatic nitrogens is 3. The van der Waals surface area contributed by atoms with Crippen LogP contribution in [0.2, 0.25) is 0 Å². The number of aryl methyl sites for hydroxylation is 3. The second-order valence-corrected chi connectivity index (χ2v) is 11.2. The highest BCUT2D eigenvalue weighted by Gasteiger charge is 2.35. The molecule has 0 aliphatic carbocycles. The molecule has 0 saturated carbocycles. The highest BCUT2D eigenvalue weighted by Crippen LogP contribution is 2.39. The van der Waals surface area contributed by atoms with Crippen molar-refractivity contribution in [3.05, 3.63) is 95.9 Å². The molecule has 0 bridgehead atoms. The van der Waals surface area contributed by atoms with Crippen molar-refractivity contribution < 1.29 is 9.59 Å². The fourth-order valence-corrected chi connectivity index (χ4v) is 6.19. The van der Waals surface area contributed by atoms with Crippen LogP contribution in [-0.4, -0.2) is 40.0 Å². The number of hydrogen-bond donors (Lipinski definition) is 1. The van der Waals surface area contributed by atoms with Crippen molar-refractivity contribution in [1.29, 1.82) is 0 Å². The number of carbonyl (C=O) groups excluding carboxylic acids is 2. The lowest BCUT2D eigenvalue weighted by Crippen LogP contribution is -2.22. The van der Waals surface area contributed by atoms with Crippen LogP contribution < -0.4 is 10.2 Å². The van der Waals surface area contributed by atoms with Gasteiger partial charge in [0.25, 0.3) is 11.8 Å². The van der Waals surface area contributed by atoms with E-state index in [4.69, 9.17) is 0 Å². The van der Waals surface area contributed by atoms with Gasteiger partial charge in [0.05, 0.1) is 11.1 Å². The maximum Gasteiger partial charge on any atom is 0.259 e. The molecule has 2 amide bonds. The Balaban J connectivity index is 1.36. The van der Waals surface area contributed by atoms with Gasteiger partial charge in [-0.3, -0.25) is 14.9 Å². The highest BCUT2D eigenvalue weighted by molar-refractivity contribution is 6.50. The zero-order chi connectivity index (χ0) is 29.2. The van der Waals surface area contributed by atoms with Crippen LogP contribution in [0.25, 0.3) is 33.0 Å². The standard InChI is InChI=1S/C35H37N5O2/c1-4-5-20-39-22-27(25-15-6-8-17-29(25)39)31-32(35(42)37-34(31)41)28-23-40(30-18-9-7-16-26(28)30)21-11-10-13-24-14-12-19-36-33(24)38(2)3/h6-9,12,14-19,22-23H,4-5,10-11,13,20-21H2,1-3H3,(H,37,41,42). The number of unbranched alkanes of at least 4 members (excludes halogenated alkanes) is 2. The number of carbonyl (C=O) groups is 2. The van der Waals surface area contributed by atoms with Gasteiger partial charge in [-0.05, 0) is 49.4 Å². The molecular formula is C35H37N5O2. The number of nitrogens with zero attached hydrogens (tertiary/aromatic N) is 4. The van der Waals surface area contributed by atoms with Gasteiger partial charge in [-0.2, -0.15) is 0 Å². The molecule has 42 heavy (non-hydrogen) atoms. The zero-order valence-corrected chi connectivity index (χ0v) is 24.6. The first-order chi connectivity index (χ1) is 20.5. The van der Waals surface area contributed by atoms with Gasteiger partial charge in [-0.1, -0.05) is 55.8 Å². The van der Waals surface area contributed by atoms with E-state index in [1.807, 2.05) is 69.0 Å². The Morgan fingerprint density at radius 2 is 1.31 bits per heavy atom. The third kappa shape index (κ3) is 5.00. The lowest BCUT2D eigenvalue weighted by molar-refractivity contribution is -0.122. The Bertz CT molecular complexity index is 1820. The molecule has 0 atom stereocenters. The first kappa shape index (κ1) is 27.5. The van der Waals surface area contributed by atoms with E-state index in [1.54, 1.807) is 0 Å². The third-order valence-electron chi connectivity index (χ3n) is 8.19. The quantitative estimate of drug-likeness (QED) is 0.149. The number of hydrogen-bond acceptors (Lipinski definition) is 4. The molecule has 4 heterocycles. The van der Waals surface area contributed by atoms with Gasteiger partial charge in [-0.15, -0.1) is 0 Å². The molecule has 7 nitrogen and oxygen atoms in total. The molecule has 1 N–H and O–H groups in total. The van der Waals surface area contributed by atoms with Gasteiger partial charge < -0.3 is 14.0 Å². The molecule has 5 aromatic rings. The summed E-state index contributed by atoms with van der Waals surface area (Å²) in [7, 11) is 4.05. The molecule has 214 valence electrons. The van der Waals surface area contributed by atoms with E-state index in [2.05, 4.69) is 55.7 Å². The average Bonchev–Trinajstić information content (AvgIpc) is 3.64. The molecule has 7 heteroatoms. The van der Waals surface area contributed by atoms with Crippen LogP contribution in [-0.2, 0) is 29.1 Å². The van der Waals surface area contributed by atoms with Crippen LogP contribution in [0.3, 0.4) is 0 Å². The predicted molar refractivity (Wildman–Crippen MR) is 170 cm³/mol. The molecule has 1 aliphatic rings. The van der Waals surface area contributed by atoms with Crippen LogP contribution in [0.5, 0.6) is 0 Å². The molecule has 0 saturated heterocycles. The number of rotatable bonds is 11. The summed E-state index contributed by atoms with van der Waals surface area (Å²) < 4.78 is 4.44. The fraction of sp³-hybridized carbons (Fsp3) is 0.286. The van der Waals surface area contributed by atoms with Crippen molar-refractivity contribution in [1.82, 2.24) is 19.4 Å². The summed E-state index contributed by atoms with van der Waals surface area (Å²) in [4.78, 5) is 33.4. The van der Waals surface area contributed by atoms with Crippen molar-refractivity contribution in [2.24, 2.45) is 0 Å². The fourth-order valence-electron chi connectivity index (χ4n) is 6.19. The molecule has 1 aliphatic heterocycles. The van der Waals surface area contributed by atoms with E-state index < -0.39 is 0 Å². The van der Waals surface area contributed by atoms with Crippen molar-refractivity contribution in [3.63, 3.8) is 0 Å². The van der Waals surface area contributed by atoms with Crippen LogP contribution >= 0.6 is 0 Å².